The minimum atomic E-state index is -0.577. The van der Waals surface area contributed by atoms with E-state index in [1.807, 2.05) is 4.90 Å². The molecule has 0 radical (unpaired) electrons. The smallest absolute Gasteiger partial charge is 0.337 e. The lowest BCUT2D eigenvalue weighted by atomic mass is 10.2. The summed E-state index contributed by atoms with van der Waals surface area (Å²) in [7, 11) is 1.27. The van der Waals surface area contributed by atoms with Crippen LogP contribution in [0.1, 0.15) is 17.3 Å². The lowest BCUT2D eigenvalue weighted by Crippen LogP contribution is -2.47. The number of likely N-dealkylation sites (N-methyl/N-ethyl adjacent to an activating group) is 1. The van der Waals surface area contributed by atoms with Crippen LogP contribution in [0.3, 0.4) is 0 Å². The summed E-state index contributed by atoms with van der Waals surface area (Å²) in [6, 6.07) is 6.18. The fraction of sp³-hybridized carbons (Fsp3) is 0.389. The lowest BCUT2D eigenvalue weighted by Gasteiger charge is -2.35. The van der Waals surface area contributed by atoms with Gasteiger partial charge in [-0.1, -0.05) is 24.6 Å². The summed E-state index contributed by atoms with van der Waals surface area (Å²) in [6.45, 7) is 5.91. The molecule has 1 aromatic rings. The molecule has 0 saturated carbocycles. The van der Waals surface area contributed by atoms with Gasteiger partial charge < -0.3 is 14.5 Å². The number of hydrogen-bond acceptors (Lipinski definition) is 6. The quantitative estimate of drug-likeness (QED) is 0.584. The molecule has 3 rings (SSSR count). The summed E-state index contributed by atoms with van der Waals surface area (Å²) >= 11 is 6.22. The predicted octanol–water partition coefficient (Wildman–Crippen LogP) is 1.43. The highest BCUT2D eigenvalue weighted by molar-refractivity contribution is 6.52. The van der Waals surface area contributed by atoms with E-state index in [2.05, 4.69) is 16.6 Å². The van der Waals surface area contributed by atoms with E-state index in [9.17, 15) is 14.4 Å². The number of benzene rings is 1. The fourth-order valence-electron chi connectivity index (χ4n) is 3.18. The second-order valence-corrected chi connectivity index (χ2v) is 6.45. The molecule has 138 valence electrons. The molecule has 2 aliphatic rings. The molecule has 26 heavy (non-hydrogen) atoms. The summed E-state index contributed by atoms with van der Waals surface area (Å²) in [5, 5.41) is -0.0802. The SMILES string of the molecule is CCN1CCN(C2=C(Cl)C(=O)N(c3cccc(C(=O)OC)c3)C2=O)CC1. The molecule has 2 amide bonds. The summed E-state index contributed by atoms with van der Waals surface area (Å²) < 4.78 is 4.69. The largest absolute Gasteiger partial charge is 0.465 e. The standard InChI is InChI=1S/C18H20ClN3O4/c1-3-20-7-9-21(10-8-20)15-14(19)16(23)22(17(15)24)13-6-4-5-12(11-13)18(25)26-2/h4-6,11H,3,7-10H2,1-2H3. The van der Waals surface area contributed by atoms with Crippen LogP contribution in [-0.2, 0) is 14.3 Å². The number of rotatable bonds is 4. The van der Waals surface area contributed by atoms with Crippen LogP contribution in [0.15, 0.2) is 35.0 Å². The van der Waals surface area contributed by atoms with Crippen LogP contribution in [0.4, 0.5) is 5.69 Å². The number of hydrogen-bond donors (Lipinski definition) is 0. The Labute approximate surface area is 156 Å². The van der Waals surface area contributed by atoms with Gasteiger partial charge in [-0.15, -0.1) is 0 Å². The Hall–Kier alpha value is -2.38. The number of esters is 1. The third-order valence-electron chi connectivity index (χ3n) is 4.67. The molecule has 0 spiro atoms. The van der Waals surface area contributed by atoms with Crippen LogP contribution in [0.25, 0.3) is 0 Å². The molecule has 7 nitrogen and oxygen atoms in total. The first-order valence-electron chi connectivity index (χ1n) is 8.42. The van der Waals surface area contributed by atoms with Crippen molar-refractivity contribution >= 4 is 35.1 Å². The minimum absolute atomic E-state index is 0.0802. The zero-order chi connectivity index (χ0) is 18.8. The Morgan fingerprint density at radius 2 is 1.85 bits per heavy atom. The molecular weight excluding hydrogens is 358 g/mol. The molecule has 0 atom stereocenters. The van der Waals surface area contributed by atoms with Crippen LogP contribution in [-0.4, -0.2) is 67.4 Å². The number of halogens is 1. The molecule has 0 bridgehead atoms. The van der Waals surface area contributed by atoms with E-state index >= 15 is 0 Å². The average molecular weight is 378 g/mol. The van der Waals surface area contributed by atoms with Gasteiger partial charge in [0, 0.05) is 26.2 Å². The van der Waals surface area contributed by atoms with Crippen LogP contribution in [0.2, 0.25) is 0 Å². The molecule has 0 aliphatic carbocycles. The maximum absolute atomic E-state index is 12.9. The first-order chi connectivity index (χ1) is 12.5. The highest BCUT2D eigenvalue weighted by atomic mass is 35.5. The van der Waals surface area contributed by atoms with Crippen molar-refractivity contribution < 1.29 is 19.1 Å². The Morgan fingerprint density at radius 1 is 1.15 bits per heavy atom. The highest BCUT2D eigenvalue weighted by Gasteiger charge is 2.42. The van der Waals surface area contributed by atoms with Crippen molar-refractivity contribution in [3.63, 3.8) is 0 Å². The second kappa shape index (κ2) is 7.47. The number of imide groups is 1. The van der Waals surface area contributed by atoms with E-state index in [1.165, 1.54) is 13.2 Å². The van der Waals surface area contributed by atoms with E-state index in [4.69, 9.17) is 11.6 Å². The predicted molar refractivity (Wildman–Crippen MR) is 96.8 cm³/mol. The van der Waals surface area contributed by atoms with E-state index in [1.54, 1.807) is 18.2 Å². The zero-order valence-electron chi connectivity index (χ0n) is 14.7. The van der Waals surface area contributed by atoms with Gasteiger partial charge in [-0.05, 0) is 24.7 Å². The normalized spacial score (nSPS) is 18.7. The Balaban J connectivity index is 1.86. The molecule has 1 fully saturated rings. The van der Waals surface area contributed by atoms with Gasteiger partial charge in [-0.25, -0.2) is 9.69 Å². The Bertz CT molecular complexity index is 784. The van der Waals surface area contributed by atoms with Crippen molar-refractivity contribution in [2.45, 2.75) is 6.92 Å². The maximum Gasteiger partial charge on any atom is 0.337 e. The van der Waals surface area contributed by atoms with Crippen molar-refractivity contribution in [3.05, 3.63) is 40.6 Å². The van der Waals surface area contributed by atoms with Crippen LogP contribution < -0.4 is 4.90 Å². The maximum atomic E-state index is 12.9. The van der Waals surface area contributed by atoms with E-state index in [0.29, 0.717) is 18.8 Å². The fourth-order valence-corrected chi connectivity index (χ4v) is 3.46. The summed E-state index contributed by atoms with van der Waals surface area (Å²) in [5.74, 6) is -1.58. The van der Waals surface area contributed by atoms with Gasteiger partial charge in [-0.2, -0.15) is 0 Å². The van der Waals surface area contributed by atoms with Crippen molar-refractivity contribution in [1.82, 2.24) is 9.80 Å². The average Bonchev–Trinajstić information content (AvgIpc) is 2.90. The molecule has 1 aromatic carbocycles. The van der Waals surface area contributed by atoms with E-state index in [0.717, 1.165) is 24.5 Å². The molecule has 8 heteroatoms. The number of carbonyl (C=O) groups is 3. The molecule has 2 aliphatic heterocycles. The Kier molecular flexibility index (Phi) is 5.29. The van der Waals surface area contributed by atoms with Crippen molar-refractivity contribution in [2.75, 3.05) is 44.7 Å². The number of carbonyl (C=O) groups excluding carboxylic acids is 3. The Morgan fingerprint density at radius 3 is 2.46 bits per heavy atom. The van der Waals surface area contributed by atoms with Gasteiger partial charge in [0.1, 0.15) is 10.7 Å². The van der Waals surface area contributed by atoms with Crippen LogP contribution in [0, 0.1) is 0 Å². The third kappa shape index (κ3) is 3.20. The van der Waals surface area contributed by atoms with Gasteiger partial charge in [0.05, 0.1) is 18.4 Å². The van der Waals surface area contributed by atoms with Crippen LogP contribution in [0.5, 0.6) is 0 Å². The second-order valence-electron chi connectivity index (χ2n) is 6.07. The van der Waals surface area contributed by atoms with E-state index < -0.39 is 17.8 Å². The number of nitrogens with zero attached hydrogens (tertiary/aromatic N) is 3. The third-order valence-corrected chi connectivity index (χ3v) is 5.01. The van der Waals surface area contributed by atoms with Crippen molar-refractivity contribution in [2.24, 2.45) is 0 Å². The van der Waals surface area contributed by atoms with E-state index in [-0.39, 0.29) is 16.3 Å². The molecule has 0 aromatic heterocycles. The minimum Gasteiger partial charge on any atom is -0.465 e. The number of ether oxygens (including phenoxy) is 1. The lowest BCUT2D eigenvalue weighted by molar-refractivity contribution is -0.121. The van der Waals surface area contributed by atoms with Gasteiger partial charge in [0.25, 0.3) is 11.8 Å². The molecule has 0 N–H and O–H groups in total. The molecule has 1 saturated heterocycles. The summed E-state index contributed by atoms with van der Waals surface area (Å²) in [6.07, 6.45) is 0. The number of amides is 2. The monoisotopic (exact) mass is 377 g/mol. The summed E-state index contributed by atoms with van der Waals surface area (Å²) in [5.41, 5.74) is 0.783. The zero-order valence-corrected chi connectivity index (χ0v) is 15.5. The summed E-state index contributed by atoms with van der Waals surface area (Å²) in [4.78, 5) is 42.4. The van der Waals surface area contributed by atoms with Crippen molar-refractivity contribution in [3.8, 4) is 0 Å². The molecule has 0 unspecified atom stereocenters. The van der Waals surface area contributed by atoms with Crippen molar-refractivity contribution in [1.29, 1.82) is 0 Å². The molecule has 2 heterocycles. The first kappa shape index (κ1) is 18.4. The van der Waals surface area contributed by atoms with Gasteiger partial charge >= 0.3 is 5.97 Å². The van der Waals surface area contributed by atoms with Gasteiger partial charge in [-0.3, -0.25) is 9.59 Å². The number of methoxy groups -OCH3 is 1. The van der Waals surface area contributed by atoms with Gasteiger partial charge in [0.2, 0.25) is 0 Å². The molecular formula is C18H20ClN3O4. The number of piperazine rings is 1. The van der Waals surface area contributed by atoms with Gasteiger partial charge in [0.15, 0.2) is 0 Å². The topological polar surface area (TPSA) is 70.2 Å². The number of anilines is 1. The van der Waals surface area contributed by atoms with Crippen LogP contribution >= 0.6 is 11.6 Å². The highest BCUT2D eigenvalue weighted by Crippen LogP contribution is 2.32. The first-order valence-corrected chi connectivity index (χ1v) is 8.80.